The summed E-state index contributed by atoms with van der Waals surface area (Å²) in [5.41, 5.74) is 2.47. The lowest BCUT2D eigenvalue weighted by molar-refractivity contribution is -0.0637. The molecular weight excluding hydrogens is 306 g/mol. The fourth-order valence-corrected chi connectivity index (χ4v) is 3.26. The molecule has 2 aliphatic heterocycles. The maximum atomic E-state index is 10.2. The van der Waals surface area contributed by atoms with Gasteiger partial charge in [-0.25, -0.2) is 0 Å². The number of rotatable bonds is 6. The van der Waals surface area contributed by atoms with Gasteiger partial charge < -0.3 is 19.7 Å². The van der Waals surface area contributed by atoms with Crippen LogP contribution >= 0.6 is 0 Å². The number of ether oxygens (including phenoxy) is 2. The van der Waals surface area contributed by atoms with Crippen LogP contribution in [-0.4, -0.2) is 66.8 Å². The van der Waals surface area contributed by atoms with Crippen LogP contribution in [-0.2, 0) is 9.47 Å². The minimum atomic E-state index is -0.448. The summed E-state index contributed by atoms with van der Waals surface area (Å²) in [4.78, 5) is 2.25. The van der Waals surface area contributed by atoms with Crippen molar-refractivity contribution in [3.8, 4) is 5.75 Å². The van der Waals surface area contributed by atoms with Crippen LogP contribution in [0.15, 0.2) is 30.3 Å². The molecule has 3 rings (SSSR count). The van der Waals surface area contributed by atoms with Crippen molar-refractivity contribution in [2.24, 2.45) is 0 Å². The van der Waals surface area contributed by atoms with Gasteiger partial charge in [-0.05, 0) is 42.5 Å². The summed E-state index contributed by atoms with van der Waals surface area (Å²) in [5.74, 6) is 0.296. The number of benzene rings is 1. The van der Waals surface area contributed by atoms with Crippen LogP contribution in [0.5, 0.6) is 5.75 Å². The molecule has 0 aromatic heterocycles. The lowest BCUT2D eigenvalue weighted by atomic mass is 9.99. The summed E-state index contributed by atoms with van der Waals surface area (Å²) in [6, 6.07) is 7.35. The van der Waals surface area contributed by atoms with Crippen molar-refractivity contribution in [3.05, 3.63) is 35.9 Å². The van der Waals surface area contributed by atoms with Crippen molar-refractivity contribution in [1.82, 2.24) is 4.90 Å². The molecule has 2 aliphatic rings. The van der Waals surface area contributed by atoms with Gasteiger partial charge in [0.15, 0.2) is 0 Å². The molecule has 1 saturated heterocycles. The van der Waals surface area contributed by atoms with E-state index in [0.717, 1.165) is 51.1 Å². The van der Waals surface area contributed by atoms with Crippen molar-refractivity contribution in [2.75, 3.05) is 39.5 Å². The summed E-state index contributed by atoms with van der Waals surface area (Å²) < 4.78 is 11.1. The molecule has 1 atom stereocenters. The van der Waals surface area contributed by atoms with E-state index in [1.165, 1.54) is 5.57 Å². The Balaban J connectivity index is 1.41. The molecule has 5 nitrogen and oxygen atoms in total. The number of nitrogens with zero attached hydrogens (tertiary/aromatic N) is 1. The van der Waals surface area contributed by atoms with E-state index in [4.69, 9.17) is 9.47 Å². The van der Waals surface area contributed by atoms with Crippen molar-refractivity contribution in [2.45, 2.75) is 31.5 Å². The van der Waals surface area contributed by atoms with Crippen molar-refractivity contribution >= 4 is 5.57 Å². The summed E-state index contributed by atoms with van der Waals surface area (Å²) >= 11 is 0. The average molecular weight is 333 g/mol. The van der Waals surface area contributed by atoms with Crippen LogP contribution in [0.1, 0.15) is 24.8 Å². The smallest absolute Gasteiger partial charge is 0.115 e. The molecule has 0 aliphatic carbocycles. The molecule has 0 unspecified atom stereocenters. The zero-order valence-electron chi connectivity index (χ0n) is 14.1. The summed E-state index contributed by atoms with van der Waals surface area (Å²) in [6.45, 7) is 4.33. The van der Waals surface area contributed by atoms with E-state index in [-0.39, 0.29) is 6.10 Å². The van der Waals surface area contributed by atoms with E-state index in [0.29, 0.717) is 18.9 Å². The van der Waals surface area contributed by atoms with Gasteiger partial charge >= 0.3 is 0 Å². The van der Waals surface area contributed by atoms with Gasteiger partial charge in [-0.3, -0.25) is 4.90 Å². The molecule has 132 valence electrons. The average Bonchev–Trinajstić information content (AvgIpc) is 2.62. The van der Waals surface area contributed by atoms with E-state index < -0.39 is 6.10 Å². The maximum absolute atomic E-state index is 10.2. The molecule has 0 spiro atoms. The first-order valence-corrected chi connectivity index (χ1v) is 8.79. The highest BCUT2D eigenvalue weighted by Crippen LogP contribution is 2.24. The maximum Gasteiger partial charge on any atom is 0.115 e. The molecule has 1 aromatic carbocycles. The number of hydrogen-bond donors (Lipinski definition) is 2. The number of aromatic hydroxyl groups is 1. The number of aliphatic hydroxyl groups excluding tert-OH is 1. The molecule has 24 heavy (non-hydrogen) atoms. The third-order valence-corrected chi connectivity index (χ3v) is 4.69. The lowest BCUT2D eigenvalue weighted by Crippen LogP contribution is -2.38. The highest BCUT2D eigenvalue weighted by Gasteiger charge is 2.19. The number of phenols is 1. The topological polar surface area (TPSA) is 62.2 Å². The second-order valence-corrected chi connectivity index (χ2v) is 6.58. The SMILES string of the molecule is Oc1ccc(C2=CCN(C[C@H](O)COC3CCOCC3)CC2)cc1. The summed E-state index contributed by atoms with van der Waals surface area (Å²) in [6.07, 6.45) is 4.80. The standard InChI is InChI=1S/C19H27NO4/c21-17-3-1-15(2-4-17)16-5-9-20(10-6-16)13-18(22)14-24-19-7-11-23-12-8-19/h1-5,18-19,21-22H,6-14H2/t18-/m0/s1. The fraction of sp³-hybridized carbons (Fsp3) is 0.579. The molecule has 5 heteroatoms. The Kier molecular flexibility index (Phi) is 6.26. The van der Waals surface area contributed by atoms with Gasteiger partial charge in [0, 0.05) is 32.8 Å². The first-order chi connectivity index (χ1) is 11.7. The van der Waals surface area contributed by atoms with Gasteiger partial charge in [0.2, 0.25) is 0 Å². The van der Waals surface area contributed by atoms with Crippen LogP contribution in [0.2, 0.25) is 0 Å². The first-order valence-electron chi connectivity index (χ1n) is 8.79. The summed E-state index contributed by atoms with van der Waals surface area (Å²) in [5, 5.41) is 19.6. The molecule has 1 aromatic rings. The normalized spacial score (nSPS) is 21.5. The molecule has 0 amide bonds. The minimum absolute atomic E-state index is 0.232. The van der Waals surface area contributed by atoms with Gasteiger partial charge in [0.05, 0.1) is 18.8 Å². The van der Waals surface area contributed by atoms with Gasteiger partial charge in [-0.1, -0.05) is 18.2 Å². The van der Waals surface area contributed by atoms with Crippen LogP contribution in [0.25, 0.3) is 5.57 Å². The van der Waals surface area contributed by atoms with Gasteiger partial charge in [0.25, 0.3) is 0 Å². The van der Waals surface area contributed by atoms with Crippen molar-refractivity contribution in [1.29, 1.82) is 0 Å². The fourth-order valence-electron chi connectivity index (χ4n) is 3.26. The molecule has 0 bridgehead atoms. The Morgan fingerprint density at radius 1 is 1.21 bits per heavy atom. The van der Waals surface area contributed by atoms with Crippen molar-refractivity contribution in [3.63, 3.8) is 0 Å². The summed E-state index contributed by atoms with van der Waals surface area (Å²) in [7, 11) is 0. The number of β-amino-alcohol motifs (C(OH)–C–C–N with tert-alkyl or cyclic N) is 1. The van der Waals surface area contributed by atoms with Crippen molar-refractivity contribution < 1.29 is 19.7 Å². The van der Waals surface area contributed by atoms with Crippen LogP contribution in [0.3, 0.4) is 0 Å². The van der Waals surface area contributed by atoms with E-state index in [1.807, 2.05) is 12.1 Å². The largest absolute Gasteiger partial charge is 0.508 e. The zero-order chi connectivity index (χ0) is 16.8. The second kappa shape index (κ2) is 8.62. The Labute approximate surface area is 143 Å². The molecule has 0 saturated carbocycles. The zero-order valence-corrected chi connectivity index (χ0v) is 14.1. The van der Waals surface area contributed by atoms with E-state index in [2.05, 4.69) is 11.0 Å². The number of phenolic OH excluding ortho intramolecular Hbond substituents is 1. The second-order valence-electron chi connectivity index (χ2n) is 6.58. The lowest BCUT2D eigenvalue weighted by Gasteiger charge is -2.29. The molecule has 1 fully saturated rings. The third kappa shape index (κ3) is 5.05. The predicted molar refractivity (Wildman–Crippen MR) is 92.9 cm³/mol. The number of hydrogen-bond acceptors (Lipinski definition) is 5. The molecular formula is C19H27NO4. The Bertz CT molecular complexity index is 537. The minimum Gasteiger partial charge on any atom is -0.508 e. The van der Waals surface area contributed by atoms with Crippen LogP contribution in [0, 0.1) is 0 Å². The van der Waals surface area contributed by atoms with Crippen LogP contribution in [0.4, 0.5) is 0 Å². The predicted octanol–water partition coefficient (Wildman–Crippen LogP) is 2.04. The third-order valence-electron chi connectivity index (χ3n) is 4.69. The van der Waals surface area contributed by atoms with Gasteiger partial charge in [-0.15, -0.1) is 0 Å². The quantitative estimate of drug-likeness (QED) is 0.834. The van der Waals surface area contributed by atoms with E-state index in [9.17, 15) is 10.2 Å². The van der Waals surface area contributed by atoms with Gasteiger partial charge in [-0.2, -0.15) is 0 Å². The number of aliphatic hydroxyl groups is 1. The van der Waals surface area contributed by atoms with Gasteiger partial charge in [0.1, 0.15) is 5.75 Å². The molecule has 2 N–H and O–H groups in total. The Morgan fingerprint density at radius 3 is 2.62 bits per heavy atom. The van der Waals surface area contributed by atoms with E-state index in [1.54, 1.807) is 12.1 Å². The molecule has 0 radical (unpaired) electrons. The highest BCUT2D eigenvalue weighted by atomic mass is 16.5. The Hall–Kier alpha value is -1.40. The van der Waals surface area contributed by atoms with E-state index >= 15 is 0 Å². The monoisotopic (exact) mass is 333 g/mol. The first kappa shape index (κ1) is 17.4. The molecule has 2 heterocycles. The Morgan fingerprint density at radius 2 is 1.96 bits per heavy atom. The highest BCUT2D eigenvalue weighted by molar-refractivity contribution is 5.67. The van der Waals surface area contributed by atoms with Crippen LogP contribution < -0.4 is 0 Å².